The predicted molar refractivity (Wildman–Crippen MR) is 94.4 cm³/mol. The minimum absolute atomic E-state index is 0. The molecule has 0 amide bonds. The molecular formula is C14H12Cl2F6IN2-. The second-order valence-corrected chi connectivity index (χ2v) is 5.72. The molecular weight excluding hydrogens is 508 g/mol. The van der Waals surface area contributed by atoms with Crippen LogP contribution in [0.5, 0.6) is 0 Å². The summed E-state index contributed by atoms with van der Waals surface area (Å²) in [6, 6.07) is 5.53. The highest BCUT2D eigenvalue weighted by atomic mass is 127. The molecule has 0 N–H and O–H groups in total. The summed E-state index contributed by atoms with van der Waals surface area (Å²) in [6.45, 7) is 0. The van der Waals surface area contributed by atoms with Crippen LogP contribution in [0.25, 0.3) is 0 Å². The molecule has 0 aliphatic heterocycles. The van der Waals surface area contributed by atoms with Crippen LogP contribution in [0.1, 0.15) is 18.8 Å². The molecule has 2 rings (SSSR count). The molecule has 2 aromatic heterocycles. The Balaban J connectivity index is 0. The first kappa shape index (κ1) is 26.4. The third-order valence-electron chi connectivity index (χ3n) is 2.10. The molecule has 0 aliphatic carbocycles. The van der Waals surface area contributed by atoms with Gasteiger partial charge in [0, 0.05) is 0 Å². The Morgan fingerprint density at radius 3 is 1.64 bits per heavy atom. The van der Waals surface area contributed by atoms with Crippen LogP contribution < -0.4 is 0 Å². The first-order valence-electron chi connectivity index (χ1n) is 5.50. The van der Waals surface area contributed by atoms with Gasteiger partial charge in [-0.25, -0.2) is 9.97 Å². The number of pyridine rings is 2. The van der Waals surface area contributed by atoms with Crippen LogP contribution in [-0.2, 0) is 12.4 Å². The van der Waals surface area contributed by atoms with Gasteiger partial charge in [-0.1, -0.05) is 36.7 Å². The summed E-state index contributed by atoms with van der Waals surface area (Å²) >= 11 is 12.4. The fourth-order valence-electron chi connectivity index (χ4n) is 1.14. The van der Waals surface area contributed by atoms with Gasteiger partial charge >= 0.3 is 12.4 Å². The van der Waals surface area contributed by atoms with E-state index in [1.807, 2.05) is 22.6 Å². The van der Waals surface area contributed by atoms with Crippen LogP contribution in [0.4, 0.5) is 26.3 Å². The van der Waals surface area contributed by atoms with E-state index in [1.165, 1.54) is 18.2 Å². The Hall–Kier alpha value is -0.810. The van der Waals surface area contributed by atoms with Crippen LogP contribution in [0, 0.1) is 11.0 Å². The highest BCUT2D eigenvalue weighted by molar-refractivity contribution is 14.1. The summed E-state index contributed by atoms with van der Waals surface area (Å²) in [6.07, 6.45) is -8.83. The topological polar surface area (TPSA) is 25.8 Å². The highest BCUT2D eigenvalue weighted by Gasteiger charge is 2.33. The summed E-state index contributed by atoms with van der Waals surface area (Å²) in [5, 5.41) is -0.273. The van der Waals surface area contributed by atoms with Gasteiger partial charge in [0.1, 0.15) is 21.7 Å². The van der Waals surface area contributed by atoms with Crippen molar-refractivity contribution in [1.29, 1.82) is 0 Å². The predicted octanol–water partition coefficient (Wildman–Crippen LogP) is 7.20. The first-order chi connectivity index (χ1) is 10.4. The zero-order valence-electron chi connectivity index (χ0n) is 11.7. The normalized spacial score (nSPS) is 10.8. The molecule has 142 valence electrons. The van der Waals surface area contributed by atoms with E-state index in [0.29, 0.717) is 3.57 Å². The van der Waals surface area contributed by atoms with Crippen molar-refractivity contribution in [1.82, 2.24) is 9.97 Å². The number of nitrogens with zero attached hydrogens (tertiary/aromatic N) is 2. The molecule has 0 atom stereocenters. The Bertz CT molecular complexity index is 677. The highest BCUT2D eigenvalue weighted by Crippen LogP contribution is 2.29. The molecule has 25 heavy (non-hydrogen) atoms. The van der Waals surface area contributed by atoms with E-state index in [2.05, 4.69) is 9.97 Å². The third-order valence-corrected chi connectivity index (χ3v) is 3.79. The summed E-state index contributed by atoms with van der Waals surface area (Å²) in [4.78, 5) is 6.26. The summed E-state index contributed by atoms with van der Waals surface area (Å²) in [5.41, 5.74) is -1.93. The molecule has 0 aliphatic rings. The molecule has 11 heteroatoms. The van der Waals surface area contributed by atoms with Crippen molar-refractivity contribution in [2.75, 3.05) is 0 Å². The number of alkyl halides is 6. The van der Waals surface area contributed by atoms with Gasteiger partial charge in [-0.2, -0.15) is 26.3 Å². The van der Waals surface area contributed by atoms with E-state index in [1.54, 1.807) is 0 Å². The molecule has 0 saturated carbocycles. The largest absolute Gasteiger partial charge is 0.433 e. The number of rotatable bonds is 0. The number of halogens is 9. The smallest absolute Gasteiger partial charge is 0.358 e. The van der Waals surface area contributed by atoms with Gasteiger partial charge in [0.05, 0.1) is 3.57 Å². The Morgan fingerprint density at radius 1 is 0.800 bits per heavy atom. The molecule has 0 fully saturated rings. The van der Waals surface area contributed by atoms with Crippen LogP contribution in [0.15, 0.2) is 30.3 Å². The average Bonchev–Trinajstić information content (AvgIpc) is 2.40. The van der Waals surface area contributed by atoms with E-state index in [9.17, 15) is 26.3 Å². The second-order valence-electron chi connectivity index (χ2n) is 3.81. The second kappa shape index (κ2) is 10.4. The van der Waals surface area contributed by atoms with Crippen molar-refractivity contribution in [3.8, 4) is 0 Å². The van der Waals surface area contributed by atoms with E-state index in [-0.39, 0.29) is 25.2 Å². The Morgan fingerprint density at radius 2 is 1.28 bits per heavy atom. The molecule has 0 radical (unpaired) electrons. The molecule has 0 saturated heterocycles. The number of aromatic nitrogens is 2. The lowest BCUT2D eigenvalue weighted by molar-refractivity contribution is -0.141. The molecule has 0 bridgehead atoms. The third kappa shape index (κ3) is 8.91. The van der Waals surface area contributed by atoms with Crippen molar-refractivity contribution < 1.29 is 26.3 Å². The van der Waals surface area contributed by atoms with Gasteiger partial charge in [-0.15, -0.1) is 0 Å². The van der Waals surface area contributed by atoms with Crippen molar-refractivity contribution in [2.24, 2.45) is 0 Å². The maximum Gasteiger partial charge on any atom is 0.433 e. The van der Waals surface area contributed by atoms with Gasteiger partial charge in [-0.3, -0.25) is 0 Å². The maximum atomic E-state index is 12.0. The molecule has 0 aromatic carbocycles. The van der Waals surface area contributed by atoms with E-state index in [4.69, 9.17) is 23.2 Å². The van der Waals surface area contributed by atoms with Gasteiger partial charge in [0.2, 0.25) is 0 Å². The molecule has 2 nitrogen and oxygen atoms in total. The summed E-state index contributed by atoms with van der Waals surface area (Å²) < 4.78 is 72.0. The molecule has 2 heterocycles. The van der Waals surface area contributed by atoms with Gasteiger partial charge in [0.15, 0.2) is 0 Å². The number of hydrogen-bond acceptors (Lipinski definition) is 2. The SMILES string of the molecule is C.FC(F)(F)c1ccc(I)c(Cl)n1.FC(F)(F)c1cccc(Cl)n1.[CH3-]. The summed E-state index contributed by atoms with van der Waals surface area (Å²) in [5.74, 6) is 0. The van der Waals surface area contributed by atoms with Crippen molar-refractivity contribution in [2.45, 2.75) is 19.8 Å². The van der Waals surface area contributed by atoms with Gasteiger partial charge in [0.25, 0.3) is 0 Å². The Labute approximate surface area is 164 Å². The molecule has 2 aromatic rings. The monoisotopic (exact) mass is 519 g/mol. The van der Waals surface area contributed by atoms with Gasteiger partial charge in [-0.05, 0) is 46.9 Å². The van der Waals surface area contributed by atoms with Crippen molar-refractivity contribution >= 4 is 45.8 Å². The fourth-order valence-corrected chi connectivity index (χ4v) is 1.76. The van der Waals surface area contributed by atoms with Crippen molar-refractivity contribution in [3.05, 3.63) is 63.0 Å². The lowest BCUT2D eigenvalue weighted by Crippen LogP contribution is -2.07. The minimum atomic E-state index is -4.42. The van der Waals surface area contributed by atoms with Crippen molar-refractivity contribution in [3.63, 3.8) is 0 Å². The molecule has 0 unspecified atom stereocenters. The zero-order valence-corrected chi connectivity index (χ0v) is 15.4. The lowest BCUT2D eigenvalue weighted by Gasteiger charge is -2.05. The van der Waals surface area contributed by atoms with Crippen LogP contribution >= 0.6 is 45.8 Å². The average molecular weight is 520 g/mol. The fraction of sp³-hybridized carbons (Fsp3) is 0.214. The minimum Gasteiger partial charge on any atom is -0.358 e. The lowest BCUT2D eigenvalue weighted by atomic mass is 10.3. The van der Waals surface area contributed by atoms with Crippen LogP contribution in [0.2, 0.25) is 10.3 Å². The van der Waals surface area contributed by atoms with Crippen LogP contribution in [0.3, 0.4) is 0 Å². The van der Waals surface area contributed by atoms with E-state index >= 15 is 0 Å². The molecule has 0 spiro atoms. The standard InChI is InChI=1S/C6H2ClF3IN.C6H3ClF3N.CH4.CH3/c7-5-3(11)1-2-4(12-5)6(8,9)10;7-5-3-1-2-4(11-5)6(8,9)10;;/h1-2H;1-3H;1H4;1H3/q;;;-1. The quantitative estimate of drug-likeness (QED) is 0.159. The van der Waals surface area contributed by atoms with Gasteiger partial charge < -0.3 is 7.43 Å². The zero-order chi connectivity index (χ0) is 17.8. The maximum absolute atomic E-state index is 12.0. The van der Waals surface area contributed by atoms with Crippen LogP contribution in [-0.4, -0.2) is 9.97 Å². The number of hydrogen-bond donors (Lipinski definition) is 0. The first-order valence-corrected chi connectivity index (χ1v) is 7.33. The van der Waals surface area contributed by atoms with E-state index < -0.39 is 23.7 Å². The summed E-state index contributed by atoms with van der Waals surface area (Å²) in [7, 11) is 0. The Kier molecular flexibility index (Phi) is 11.0. The van der Waals surface area contributed by atoms with E-state index in [0.717, 1.165) is 12.1 Å².